The number of hydrogen-bond donors (Lipinski definition) is 0. The van der Waals surface area contributed by atoms with Crippen molar-refractivity contribution in [3.63, 3.8) is 0 Å². The predicted octanol–water partition coefficient (Wildman–Crippen LogP) is 4.22. The van der Waals surface area contributed by atoms with Gasteiger partial charge in [0.1, 0.15) is 23.2 Å². The molecule has 35 heavy (non-hydrogen) atoms. The zero-order valence-electron chi connectivity index (χ0n) is 19.7. The lowest BCUT2D eigenvalue weighted by Crippen LogP contribution is -2.34. The summed E-state index contributed by atoms with van der Waals surface area (Å²) in [4.78, 5) is 25.6. The topological polar surface area (TPSA) is 89.5 Å². The summed E-state index contributed by atoms with van der Waals surface area (Å²) in [6.07, 6.45) is -4.49. The third-order valence-corrected chi connectivity index (χ3v) is 5.25. The first-order chi connectivity index (χ1) is 16.4. The Morgan fingerprint density at radius 1 is 1.06 bits per heavy atom. The Hall–Kier alpha value is -2.89. The summed E-state index contributed by atoms with van der Waals surface area (Å²) >= 11 is 0. The lowest BCUT2D eigenvalue weighted by atomic mass is 10.0. The fourth-order valence-electron chi connectivity index (χ4n) is 3.73. The molecule has 0 aliphatic carbocycles. The van der Waals surface area contributed by atoms with Gasteiger partial charge in [-0.3, -0.25) is 4.79 Å². The van der Waals surface area contributed by atoms with Crippen LogP contribution in [0.1, 0.15) is 42.6 Å². The second kappa shape index (κ2) is 10.8. The number of hydrogen-bond acceptors (Lipinski definition) is 8. The fourth-order valence-corrected chi connectivity index (χ4v) is 3.73. The molecule has 0 spiro atoms. The quantitative estimate of drug-likeness (QED) is 0.449. The van der Waals surface area contributed by atoms with Crippen LogP contribution in [0.2, 0.25) is 0 Å². The molecule has 1 saturated heterocycles. The van der Waals surface area contributed by atoms with Crippen LogP contribution in [0.15, 0.2) is 30.4 Å². The molecule has 1 fully saturated rings. The molecular formula is C24H27F3O8. The number of rotatable bonds is 4. The number of fused-ring (bicyclic) bond motifs is 2. The molecule has 3 atom stereocenters. The maximum Gasteiger partial charge on any atom is 0.425 e. The summed E-state index contributed by atoms with van der Waals surface area (Å²) in [7, 11) is 2.74. The van der Waals surface area contributed by atoms with Crippen LogP contribution in [0, 0.1) is 0 Å². The van der Waals surface area contributed by atoms with Crippen LogP contribution in [0.4, 0.5) is 13.2 Å². The van der Waals surface area contributed by atoms with E-state index in [1.54, 1.807) is 19.9 Å². The number of halogens is 3. The highest BCUT2D eigenvalue weighted by atomic mass is 19.4. The summed E-state index contributed by atoms with van der Waals surface area (Å²) in [5.41, 5.74) is -0.0408. The van der Waals surface area contributed by atoms with Crippen molar-refractivity contribution in [1.29, 1.82) is 0 Å². The number of ketones is 1. The molecule has 0 N–H and O–H groups in total. The van der Waals surface area contributed by atoms with E-state index in [4.69, 9.17) is 28.4 Å². The van der Waals surface area contributed by atoms with Crippen LogP contribution in [-0.2, 0) is 23.7 Å². The van der Waals surface area contributed by atoms with Crippen LogP contribution < -0.4 is 9.47 Å². The monoisotopic (exact) mass is 500 g/mol. The standard InChI is InChI=1S/C24H27F3O8/c1-23(2)34-17-9-5-7-14-11-15(31-4)12-18(32-13-30-3)20(14)22(29)33-19(24(25,26)27)10-6-8-16(28)21(17)35-23/h5-8,11-12,17,19,21H,9-10,13H2,1-4H3/b7-5?,8-6-/t17-,19+,21+/m0/s1. The van der Waals surface area contributed by atoms with Gasteiger partial charge in [0.2, 0.25) is 6.10 Å². The summed E-state index contributed by atoms with van der Waals surface area (Å²) in [5.74, 6) is -2.64. The molecule has 2 aliphatic heterocycles. The molecule has 0 aromatic heterocycles. The first kappa shape index (κ1) is 26.7. The van der Waals surface area contributed by atoms with Gasteiger partial charge in [0, 0.05) is 19.6 Å². The number of carbonyl (C=O) groups is 2. The van der Waals surface area contributed by atoms with E-state index in [9.17, 15) is 22.8 Å². The van der Waals surface area contributed by atoms with Crippen molar-refractivity contribution >= 4 is 17.8 Å². The number of ether oxygens (including phenoxy) is 6. The lowest BCUT2D eigenvalue weighted by Gasteiger charge is -2.22. The van der Waals surface area contributed by atoms with E-state index in [2.05, 4.69) is 0 Å². The second-order valence-corrected chi connectivity index (χ2v) is 8.35. The van der Waals surface area contributed by atoms with Gasteiger partial charge in [-0.2, -0.15) is 13.2 Å². The highest BCUT2D eigenvalue weighted by Gasteiger charge is 2.45. The van der Waals surface area contributed by atoms with Crippen molar-refractivity contribution in [2.45, 2.75) is 57.0 Å². The van der Waals surface area contributed by atoms with E-state index in [0.29, 0.717) is 5.75 Å². The lowest BCUT2D eigenvalue weighted by molar-refractivity contribution is -0.203. The minimum absolute atomic E-state index is 0.0750. The Balaban J connectivity index is 2.11. The van der Waals surface area contributed by atoms with E-state index >= 15 is 0 Å². The van der Waals surface area contributed by atoms with E-state index in [-0.39, 0.29) is 30.1 Å². The van der Waals surface area contributed by atoms with Crippen molar-refractivity contribution < 1.29 is 51.2 Å². The number of carbonyl (C=O) groups excluding carboxylic acids is 2. The van der Waals surface area contributed by atoms with E-state index in [1.807, 2.05) is 0 Å². The van der Waals surface area contributed by atoms with Gasteiger partial charge in [-0.05, 0) is 38.0 Å². The average Bonchev–Trinajstić information content (AvgIpc) is 3.09. The first-order valence-corrected chi connectivity index (χ1v) is 10.8. The summed E-state index contributed by atoms with van der Waals surface area (Å²) in [6, 6.07) is 2.81. The summed E-state index contributed by atoms with van der Waals surface area (Å²) in [5, 5.41) is 0. The fraction of sp³-hybridized carbons (Fsp3) is 0.500. The van der Waals surface area contributed by atoms with Crippen LogP contribution in [0.3, 0.4) is 0 Å². The second-order valence-electron chi connectivity index (χ2n) is 8.35. The Bertz CT molecular complexity index is 999. The normalized spacial score (nSPS) is 25.7. The number of cyclic esters (lactones) is 1. The van der Waals surface area contributed by atoms with E-state index in [0.717, 1.165) is 12.2 Å². The van der Waals surface area contributed by atoms with Crippen molar-refractivity contribution in [3.8, 4) is 11.5 Å². The zero-order chi connectivity index (χ0) is 25.8. The summed E-state index contributed by atoms with van der Waals surface area (Å²) < 4.78 is 73.0. The van der Waals surface area contributed by atoms with Gasteiger partial charge in [0.15, 0.2) is 18.4 Å². The molecule has 0 unspecified atom stereocenters. The van der Waals surface area contributed by atoms with Crippen LogP contribution >= 0.6 is 0 Å². The number of alkyl halides is 3. The van der Waals surface area contributed by atoms with E-state index < -0.39 is 48.4 Å². The van der Waals surface area contributed by atoms with Gasteiger partial charge in [0.05, 0.1) is 13.2 Å². The summed E-state index contributed by atoms with van der Waals surface area (Å²) in [6.45, 7) is 3.01. The average molecular weight is 500 g/mol. The largest absolute Gasteiger partial charge is 0.497 e. The van der Waals surface area contributed by atoms with Crippen molar-refractivity contribution in [2.24, 2.45) is 0 Å². The van der Waals surface area contributed by atoms with Crippen molar-refractivity contribution in [2.75, 3.05) is 21.0 Å². The smallest absolute Gasteiger partial charge is 0.425 e. The Morgan fingerprint density at radius 2 is 1.77 bits per heavy atom. The highest BCUT2D eigenvalue weighted by Crippen LogP contribution is 2.35. The van der Waals surface area contributed by atoms with Crippen LogP contribution in [-0.4, -0.2) is 63.0 Å². The van der Waals surface area contributed by atoms with Gasteiger partial charge in [-0.1, -0.05) is 18.2 Å². The van der Waals surface area contributed by atoms with Gasteiger partial charge >= 0.3 is 12.1 Å². The SMILES string of the molecule is COCOc1cc(OC)cc2c1C(=O)O[C@@H](C(F)(F)F)C/C=C\C(=O)[C@H]1OC(C)(C)O[C@H]1CC=C2. The molecule has 1 aromatic carbocycles. The third kappa shape index (κ3) is 6.62. The molecule has 2 heterocycles. The third-order valence-electron chi connectivity index (χ3n) is 5.25. The maximum atomic E-state index is 13.7. The molecular weight excluding hydrogens is 473 g/mol. The molecule has 8 nitrogen and oxygen atoms in total. The minimum atomic E-state index is -4.88. The molecule has 0 bridgehead atoms. The molecule has 3 rings (SSSR count). The number of esters is 1. The molecule has 2 aliphatic rings. The highest BCUT2D eigenvalue weighted by molar-refractivity contribution is 5.97. The predicted molar refractivity (Wildman–Crippen MR) is 117 cm³/mol. The van der Waals surface area contributed by atoms with Gasteiger partial charge in [-0.15, -0.1) is 0 Å². The molecule has 192 valence electrons. The van der Waals surface area contributed by atoms with Gasteiger partial charge in [-0.25, -0.2) is 4.79 Å². The zero-order valence-corrected chi connectivity index (χ0v) is 19.7. The maximum absolute atomic E-state index is 13.7. The Kier molecular flexibility index (Phi) is 8.24. The van der Waals surface area contributed by atoms with Crippen LogP contribution in [0.5, 0.6) is 11.5 Å². The van der Waals surface area contributed by atoms with Crippen molar-refractivity contribution in [1.82, 2.24) is 0 Å². The molecule has 11 heteroatoms. The number of benzene rings is 1. The van der Waals surface area contributed by atoms with Crippen LogP contribution in [0.25, 0.3) is 6.08 Å². The van der Waals surface area contributed by atoms with Crippen molar-refractivity contribution in [3.05, 3.63) is 41.5 Å². The number of methoxy groups -OCH3 is 2. The van der Waals surface area contributed by atoms with E-state index in [1.165, 1.54) is 32.4 Å². The Morgan fingerprint density at radius 3 is 2.43 bits per heavy atom. The molecule has 0 radical (unpaired) electrons. The molecule has 0 amide bonds. The molecule has 1 aromatic rings. The Labute approximate surface area is 200 Å². The minimum Gasteiger partial charge on any atom is -0.497 e. The molecule has 0 saturated carbocycles. The van der Waals surface area contributed by atoms with Gasteiger partial charge in [0.25, 0.3) is 0 Å². The first-order valence-electron chi connectivity index (χ1n) is 10.8. The van der Waals surface area contributed by atoms with Gasteiger partial charge < -0.3 is 28.4 Å².